The van der Waals surface area contributed by atoms with Crippen LogP contribution in [0.25, 0.3) is 78.4 Å². The molecule has 0 fully saturated rings. The minimum Gasteiger partial charge on any atom is -0.264 e. The molecule has 0 spiro atoms. The van der Waals surface area contributed by atoms with Crippen molar-refractivity contribution in [2.24, 2.45) is 0 Å². The second-order valence-electron chi connectivity index (χ2n) is 27.9. The summed E-state index contributed by atoms with van der Waals surface area (Å²) in [5.74, 6) is -0.351. The zero-order chi connectivity index (χ0) is 76.1. The van der Waals surface area contributed by atoms with E-state index in [9.17, 15) is 8.78 Å². The molecule has 2 aliphatic carbocycles. The number of halogens is 2. The van der Waals surface area contributed by atoms with Gasteiger partial charge in [0.05, 0.1) is 28.2 Å². The molecule has 0 unspecified atom stereocenters. The van der Waals surface area contributed by atoms with E-state index in [-0.39, 0.29) is 17.0 Å². The molecule has 0 N–H and O–H groups in total. The fourth-order valence-electron chi connectivity index (χ4n) is 13.9. The average Bonchev–Trinajstić information content (AvgIpc) is 1.55. The highest BCUT2D eigenvalue weighted by molar-refractivity contribution is 5.87. The van der Waals surface area contributed by atoms with Crippen LogP contribution in [0.4, 0.5) is 8.78 Å². The number of hydrogen-bond acceptors (Lipinski definition) is 5. The third-order valence-corrected chi connectivity index (χ3v) is 19.5. The van der Waals surface area contributed by atoms with Crippen molar-refractivity contribution in [2.45, 2.75) is 73.1 Å². The van der Waals surface area contributed by atoms with Crippen LogP contribution in [0.2, 0.25) is 0 Å². The van der Waals surface area contributed by atoms with Crippen LogP contribution in [-0.4, -0.2) is 24.9 Å². The van der Waals surface area contributed by atoms with Gasteiger partial charge in [0.15, 0.2) is 0 Å². The summed E-state index contributed by atoms with van der Waals surface area (Å²) in [6.07, 6.45) is 9.23. The van der Waals surface area contributed by atoms with Crippen LogP contribution in [0.3, 0.4) is 0 Å². The fraction of sp³-hybridized carbons (Fsp3) is 0.108. The summed E-state index contributed by atoms with van der Waals surface area (Å²) in [5.41, 5.74) is 30.8. The zero-order valence-corrected chi connectivity index (χ0v) is 63.3. The Morgan fingerprint density at radius 2 is 0.706 bits per heavy atom. The third-order valence-electron chi connectivity index (χ3n) is 19.5. The number of rotatable bonds is 7. The van der Waals surface area contributed by atoms with Gasteiger partial charge < -0.3 is 0 Å². The maximum atomic E-state index is 14.4. The van der Waals surface area contributed by atoms with Gasteiger partial charge in [0.1, 0.15) is 11.6 Å². The first-order valence-corrected chi connectivity index (χ1v) is 36.9. The summed E-state index contributed by atoms with van der Waals surface area (Å²) in [6.45, 7) is 18.8. The Morgan fingerprint density at radius 1 is 0.266 bits per heavy atom. The summed E-state index contributed by atoms with van der Waals surface area (Å²) >= 11 is 0. The molecular formula is C102H89F2N5. The van der Waals surface area contributed by atoms with Crippen LogP contribution in [0.5, 0.6) is 0 Å². The van der Waals surface area contributed by atoms with E-state index >= 15 is 0 Å². The SMILES string of the molecule is Cc1ccc(-c2ccccc2)nc1.Cc1ccc(-c2cccnc2)cc1.Cc1ccc2c(c1)C(C)(C)c1cc(F)ccc1-2.Cc1ccc2c(c1)C(c1ccccc1)(c1ccccc1)c1cc(F)ccc1-2.Cc1cccc(-c2ccccc2)n1.Cc1cccnc1-c1ccccc1.Cc1ccnc(-c2ccccc2)c1. The normalized spacial score (nSPS) is 11.8. The Kier molecular flexibility index (Phi) is 24.9. The van der Waals surface area contributed by atoms with Crippen molar-refractivity contribution in [2.75, 3.05) is 0 Å². The number of benzene rings is 11. The van der Waals surface area contributed by atoms with Crippen molar-refractivity contribution in [3.63, 3.8) is 0 Å². The predicted octanol–water partition coefficient (Wildman–Crippen LogP) is 26.2. The fourth-order valence-corrected chi connectivity index (χ4v) is 13.9. The molecule has 18 rings (SSSR count). The molecule has 0 saturated carbocycles. The van der Waals surface area contributed by atoms with Crippen LogP contribution in [0.1, 0.15) is 86.3 Å². The maximum Gasteiger partial charge on any atom is 0.123 e. The number of aryl methyl sites for hydroxylation is 7. The molecule has 0 atom stereocenters. The summed E-state index contributed by atoms with van der Waals surface area (Å²) in [5, 5.41) is 0. The van der Waals surface area contributed by atoms with E-state index in [1.165, 1.54) is 94.6 Å². The van der Waals surface area contributed by atoms with Gasteiger partial charge in [-0.05, 0) is 199 Å². The molecule has 5 heterocycles. The monoisotopic (exact) mass is 1420 g/mol. The van der Waals surface area contributed by atoms with Gasteiger partial charge in [-0.3, -0.25) is 24.9 Å². The van der Waals surface area contributed by atoms with E-state index in [2.05, 4.69) is 255 Å². The summed E-state index contributed by atoms with van der Waals surface area (Å²) in [6, 6.07) is 116. The molecule has 5 nitrogen and oxygen atoms in total. The highest BCUT2D eigenvalue weighted by Crippen LogP contribution is 2.56. The van der Waals surface area contributed by atoms with Gasteiger partial charge in [-0.1, -0.05) is 310 Å². The molecule has 7 heteroatoms. The lowest BCUT2D eigenvalue weighted by atomic mass is 9.67. The van der Waals surface area contributed by atoms with E-state index in [1.807, 2.05) is 178 Å². The zero-order valence-electron chi connectivity index (χ0n) is 63.3. The van der Waals surface area contributed by atoms with Crippen LogP contribution in [-0.2, 0) is 10.8 Å². The second-order valence-corrected chi connectivity index (χ2v) is 27.9. The van der Waals surface area contributed by atoms with Gasteiger partial charge in [-0.25, -0.2) is 8.78 Å². The van der Waals surface area contributed by atoms with Gasteiger partial charge in [0.2, 0.25) is 0 Å². The van der Waals surface area contributed by atoms with Gasteiger partial charge in [-0.15, -0.1) is 0 Å². The Balaban J connectivity index is 0.000000121. The number of hydrogen-bond donors (Lipinski definition) is 0. The second kappa shape index (κ2) is 35.9. The van der Waals surface area contributed by atoms with Crippen LogP contribution >= 0.6 is 0 Å². The largest absolute Gasteiger partial charge is 0.264 e. The Bertz CT molecular complexity index is 5280. The van der Waals surface area contributed by atoms with Gasteiger partial charge in [-0.2, -0.15) is 0 Å². The smallest absolute Gasteiger partial charge is 0.123 e. The Morgan fingerprint density at radius 3 is 1.22 bits per heavy atom. The topological polar surface area (TPSA) is 64.5 Å². The average molecular weight is 1420 g/mol. The van der Waals surface area contributed by atoms with Crippen molar-refractivity contribution >= 4 is 0 Å². The van der Waals surface area contributed by atoms with Gasteiger partial charge in [0, 0.05) is 64.3 Å². The third kappa shape index (κ3) is 18.6. The molecule has 0 amide bonds. The molecule has 0 bridgehead atoms. The van der Waals surface area contributed by atoms with E-state index in [0.717, 1.165) is 56.3 Å². The minimum atomic E-state index is -0.513. The summed E-state index contributed by atoms with van der Waals surface area (Å²) in [4.78, 5) is 21.5. The number of nitrogens with zero attached hydrogens (tertiary/aromatic N) is 5. The molecule has 0 aliphatic heterocycles. The van der Waals surface area contributed by atoms with Crippen LogP contribution < -0.4 is 0 Å². The Labute approximate surface area is 642 Å². The quantitative estimate of drug-likeness (QED) is 0.159. The molecule has 0 radical (unpaired) electrons. The molecule has 2 aliphatic rings. The highest BCUT2D eigenvalue weighted by atomic mass is 19.1. The lowest BCUT2D eigenvalue weighted by Gasteiger charge is -2.34. The van der Waals surface area contributed by atoms with Gasteiger partial charge >= 0.3 is 0 Å². The first kappa shape index (κ1) is 75.7. The molecule has 16 aromatic rings. The first-order valence-electron chi connectivity index (χ1n) is 36.9. The van der Waals surface area contributed by atoms with Crippen molar-refractivity contribution < 1.29 is 8.78 Å². The Hall–Kier alpha value is -13.0. The molecular weight excluding hydrogens is 1330 g/mol. The van der Waals surface area contributed by atoms with E-state index in [4.69, 9.17) is 0 Å². The van der Waals surface area contributed by atoms with Crippen molar-refractivity contribution in [1.82, 2.24) is 24.9 Å². The minimum absolute atomic E-state index is 0.0984. The molecule has 109 heavy (non-hydrogen) atoms. The highest BCUT2D eigenvalue weighted by Gasteiger charge is 2.46. The molecule has 11 aromatic carbocycles. The first-order chi connectivity index (χ1) is 53.0. The standard InChI is InChI=1S/C26H19F.C16H15F.5C12H11N/c1-18-12-14-22-23-15-13-21(27)17-25(23)26(24(22)16-18,19-8-4-2-5-9-19)20-10-6-3-7-11-20;1-10-4-6-12-13-7-5-11(17)9-15(13)16(2,3)14(12)8-10;1-10-4-6-11(7-5-10)12-3-2-8-13-9-12;1-10-6-5-9-13-12(10)11-7-3-2-4-8-11;1-10-6-5-9-12(13-10)11-7-3-2-4-8-11;1-10-7-8-13-12(9-10)11-5-3-2-4-6-11;1-10-7-8-12(13-9-10)11-5-3-2-4-6-11/h2-17H,1H3;4-9H,1-3H3;5*2-9H,1H3. The maximum absolute atomic E-state index is 14.4. The summed E-state index contributed by atoms with van der Waals surface area (Å²) < 4.78 is 27.8. The molecule has 5 aromatic heterocycles. The van der Waals surface area contributed by atoms with Gasteiger partial charge in [0.25, 0.3) is 0 Å². The van der Waals surface area contributed by atoms with E-state index in [1.54, 1.807) is 30.5 Å². The van der Waals surface area contributed by atoms with E-state index in [0.29, 0.717) is 0 Å². The number of aromatic nitrogens is 5. The van der Waals surface area contributed by atoms with Crippen molar-refractivity contribution in [3.8, 4) is 78.4 Å². The number of pyridine rings is 5. The lowest BCUT2D eigenvalue weighted by Crippen LogP contribution is -2.28. The predicted molar refractivity (Wildman–Crippen MR) is 449 cm³/mol. The van der Waals surface area contributed by atoms with Crippen LogP contribution in [0.15, 0.2) is 377 Å². The molecule has 536 valence electrons. The van der Waals surface area contributed by atoms with Crippen molar-refractivity contribution in [1.29, 1.82) is 0 Å². The van der Waals surface area contributed by atoms with E-state index < -0.39 is 5.41 Å². The summed E-state index contributed by atoms with van der Waals surface area (Å²) in [7, 11) is 0. The van der Waals surface area contributed by atoms with Crippen molar-refractivity contribution in [3.05, 3.63) is 461 Å². The molecule has 0 saturated heterocycles. The van der Waals surface area contributed by atoms with Crippen LogP contribution in [0, 0.1) is 60.1 Å². The lowest BCUT2D eigenvalue weighted by molar-refractivity contribution is 0.609. The number of fused-ring (bicyclic) bond motifs is 6.